The van der Waals surface area contributed by atoms with Crippen molar-refractivity contribution in [3.63, 3.8) is 0 Å². The molecule has 0 bridgehead atoms. The fourth-order valence-corrected chi connectivity index (χ4v) is 2.71. The third kappa shape index (κ3) is 2.27. The van der Waals surface area contributed by atoms with E-state index in [-0.39, 0.29) is 17.2 Å². The summed E-state index contributed by atoms with van der Waals surface area (Å²) >= 11 is 0. The highest BCUT2D eigenvalue weighted by molar-refractivity contribution is 6.04. The number of fused-ring (bicyclic) bond motifs is 1. The Morgan fingerprint density at radius 1 is 1.37 bits per heavy atom. The van der Waals surface area contributed by atoms with Crippen LogP contribution in [0.25, 0.3) is 0 Å². The molecule has 1 aliphatic rings. The highest BCUT2D eigenvalue weighted by atomic mass is 16.3. The van der Waals surface area contributed by atoms with Crippen LogP contribution in [0.15, 0.2) is 18.2 Å². The van der Waals surface area contributed by atoms with E-state index >= 15 is 0 Å². The number of carbonyl (C=O) groups is 1. The predicted molar refractivity (Wildman–Crippen MR) is 77.3 cm³/mol. The summed E-state index contributed by atoms with van der Waals surface area (Å²) in [5, 5.41) is 10.4. The fraction of sp³-hybridized carbons (Fsp3) is 0.562. The molecule has 1 N–H and O–H groups in total. The van der Waals surface area contributed by atoms with E-state index in [9.17, 15) is 9.90 Å². The molecule has 1 aromatic rings. The summed E-state index contributed by atoms with van der Waals surface area (Å²) in [4.78, 5) is 13.9. The molecular formula is C16H23NO2. The molecule has 19 heavy (non-hydrogen) atoms. The van der Waals surface area contributed by atoms with E-state index in [0.717, 1.165) is 23.2 Å². The zero-order chi connectivity index (χ0) is 14.4. The van der Waals surface area contributed by atoms with Crippen LogP contribution < -0.4 is 4.90 Å². The summed E-state index contributed by atoms with van der Waals surface area (Å²) in [6.07, 6.45) is 0.280. The van der Waals surface area contributed by atoms with Crippen LogP contribution in [0.3, 0.4) is 0 Å². The maximum Gasteiger partial charge on any atom is 0.234 e. The molecule has 2 atom stereocenters. The van der Waals surface area contributed by atoms with Gasteiger partial charge in [0.25, 0.3) is 0 Å². The molecule has 1 amide bonds. The minimum atomic E-state index is -0.517. The molecule has 0 spiro atoms. The van der Waals surface area contributed by atoms with E-state index in [1.165, 1.54) is 0 Å². The largest absolute Gasteiger partial charge is 0.388 e. The van der Waals surface area contributed by atoms with Crippen LogP contribution in [-0.2, 0) is 4.79 Å². The molecule has 3 nitrogen and oxygen atoms in total. The molecular weight excluding hydrogens is 238 g/mol. The van der Waals surface area contributed by atoms with Crippen LogP contribution in [-0.4, -0.2) is 18.1 Å². The lowest BCUT2D eigenvalue weighted by Crippen LogP contribution is -2.23. The second kappa shape index (κ2) is 4.64. The Morgan fingerprint density at radius 2 is 2.00 bits per heavy atom. The van der Waals surface area contributed by atoms with Gasteiger partial charge in [-0.2, -0.15) is 0 Å². The van der Waals surface area contributed by atoms with Crippen molar-refractivity contribution in [1.82, 2.24) is 0 Å². The Labute approximate surface area is 115 Å². The summed E-state index contributed by atoms with van der Waals surface area (Å²) in [6, 6.07) is 5.88. The molecule has 104 valence electrons. The molecule has 0 aromatic heterocycles. The first kappa shape index (κ1) is 14.1. The van der Waals surface area contributed by atoms with E-state index in [1.807, 2.05) is 52.9 Å². The van der Waals surface area contributed by atoms with Gasteiger partial charge in [0.05, 0.1) is 12.0 Å². The number of hydrogen-bond acceptors (Lipinski definition) is 2. The summed E-state index contributed by atoms with van der Waals surface area (Å²) in [5.41, 5.74) is 2.72. The second-order valence-electron chi connectivity index (χ2n) is 6.44. The number of nitrogens with zero attached hydrogens (tertiary/aromatic N) is 1. The Morgan fingerprint density at radius 3 is 2.53 bits per heavy atom. The fourth-order valence-electron chi connectivity index (χ4n) is 2.71. The number of aliphatic hydroxyl groups is 1. The van der Waals surface area contributed by atoms with Gasteiger partial charge in [0.15, 0.2) is 0 Å². The van der Waals surface area contributed by atoms with Gasteiger partial charge in [-0.1, -0.05) is 39.8 Å². The maximum atomic E-state index is 12.1. The van der Waals surface area contributed by atoms with Crippen molar-refractivity contribution in [2.24, 2.45) is 5.41 Å². The van der Waals surface area contributed by atoms with Crippen LogP contribution in [0.5, 0.6) is 0 Å². The summed E-state index contributed by atoms with van der Waals surface area (Å²) < 4.78 is 0. The summed E-state index contributed by atoms with van der Waals surface area (Å²) in [7, 11) is 1.82. The van der Waals surface area contributed by atoms with E-state index in [1.54, 1.807) is 4.90 Å². The first-order chi connectivity index (χ1) is 8.77. The number of likely N-dealkylation sites (N-methyl/N-ethyl adjacent to an activating group) is 1. The van der Waals surface area contributed by atoms with E-state index in [4.69, 9.17) is 0 Å². The van der Waals surface area contributed by atoms with Crippen molar-refractivity contribution in [3.8, 4) is 0 Å². The third-order valence-corrected chi connectivity index (χ3v) is 3.96. The normalized spacial score (nSPS) is 20.6. The highest BCUT2D eigenvalue weighted by Crippen LogP contribution is 2.41. The number of anilines is 1. The van der Waals surface area contributed by atoms with Gasteiger partial charge in [0, 0.05) is 12.7 Å². The average molecular weight is 261 g/mol. The van der Waals surface area contributed by atoms with Crippen molar-refractivity contribution < 1.29 is 9.90 Å². The van der Waals surface area contributed by atoms with E-state index in [0.29, 0.717) is 0 Å². The number of amides is 1. The molecule has 0 radical (unpaired) electrons. The van der Waals surface area contributed by atoms with Gasteiger partial charge in [-0.3, -0.25) is 4.79 Å². The van der Waals surface area contributed by atoms with Crippen molar-refractivity contribution in [3.05, 3.63) is 29.3 Å². The Balaban J connectivity index is 2.45. The maximum absolute atomic E-state index is 12.1. The van der Waals surface area contributed by atoms with Crippen molar-refractivity contribution >= 4 is 11.6 Å². The quantitative estimate of drug-likeness (QED) is 0.888. The SMILES string of the molecule is CCC1C(=O)N(C)c2ccc(C(O)C(C)(C)C)cc21. The molecule has 1 aromatic carbocycles. The van der Waals surface area contributed by atoms with Gasteiger partial charge in [0.1, 0.15) is 0 Å². The topological polar surface area (TPSA) is 40.5 Å². The summed E-state index contributed by atoms with van der Waals surface area (Å²) in [6.45, 7) is 8.07. The van der Waals surface area contributed by atoms with Crippen LogP contribution in [0.1, 0.15) is 57.3 Å². The zero-order valence-electron chi connectivity index (χ0n) is 12.4. The van der Waals surface area contributed by atoms with Gasteiger partial charge >= 0.3 is 0 Å². The molecule has 2 rings (SSSR count). The standard InChI is InChI=1S/C16H23NO2/c1-6-11-12-9-10(14(18)16(2,3)4)7-8-13(12)17(5)15(11)19/h7-9,11,14,18H,6H2,1-5H3. The number of carbonyl (C=O) groups excluding carboxylic acids is 1. The second-order valence-corrected chi connectivity index (χ2v) is 6.44. The minimum Gasteiger partial charge on any atom is -0.388 e. The molecule has 0 fully saturated rings. The van der Waals surface area contributed by atoms with Crippen LogP contribution >= 0.6 is 0 Å². The van der Waals surface area contributed by atoms with Gasteiger partial charge in [-0.05, 0) is 29.0 Å². The van der Waals surface area contributed by atoms with Crippen LogP contribution in [0.4, 0.5) is 5.69 Å². The molecule has 1 heterocycles. The monoisotopic (exact) mass is 261 g/mol. The minimum absolute atomic E-state index is 0.0629. The molecule has 2 unspecified atom stereocenters. The lowest BCUT2D eigenvalue weighted by atomic mass is 9.83. The first-order valence-corrected chi connectivity index (χ1v) is 6.86. The predicted octanol–water partition coefficient (Wildman–Crippen LogP) is 3.24. The molecule has 0 saturated carbocycles. The molecule has 3 heteroatoms. The van der Waals surface area contributed by atoms with Gasteiger partial charge in [0.2, 0.25) is 5.91 Å². The Bertz CT molecular complexity index is 502. The average Bonchev–Trinajstić information content (AvgIpc) is 2.59. The zero-order valence-corrected chi connectivity index (χ0v) is 12.4. The highest BCUT2D eigenvalue weighted by Gasteiger charge is 2.35. The van der Waals surface area contributed by atoms with Crippen LogP contribution in [0, 0.1) is 5.41 Å². The van der Waals surface area contributed by atoms with Crippen molar-refractivity contribution in [2.75, 3.05) is 11.9 Å². The molecule has 0 aliphatic carbocycles. The molecule has 1 aliphatic heterocycles. The lowest BCUT2D eigenvalue weighted by molar-refractivity contribution is -0.119. The van der Waals surface area contributed by atoms with E-state index < -0.39 is 6.10 Å². The Kier molecular flexibility index (Phi) is 3.43. The first-order valence-electron chi connectivity index (χ1n) is 6.86. The summed E-state index contributed by atoms with van der Waals surface area (Å²) in [5.74, 6) is 0.0898. The number of benzene rings is 1. The number of aliphatic hydroxyl groups excluding tert-OH is 1. The lowest BCUT2D eigenvalue weighted by Gasteiger charge is -2.26. The third-order valence-electron chi connectivity index (χ3n) is 3.96. The molecule has 0 saturated heterocycles. The van der Waals surface area contributed by atoms with Gasteiger partial charge in [-0.15, -0.1) is 0 Å². The van der Waals surface area contributed by atoms with Crippen molar-refractivity contribution in [1.29, 1.82) is 0 Å². The Hall–Kier alpha value is -1.35. The number of hydrogen-bond donors (Lipinski definition) is 1. The van der Waals surface area contributed by atoms with Crippen LogP contribution in [0.2, 0.25) is 0 Å². The smallest absolute Gasteiger partial charge is 0.234 e. The van der Waals surface area contributed by atoms with E-state index in [2.05, 4.69) is 0 Å². The van der Waals surface area contributed by atoms with Crippen molar-refractivity contribution in [2.45, 2.75) is 46.1 Å². The van der Waals surface area contributed by atoms with Gasteiger partial charge < -0.3 is 10.0 Å². The number of rotatable bonds is 2. The van der Waals surface area contributed by atoms with Gasteiger partial charge in [-0.25, -0.2) is 0 Å².